The topological polar surface area (TPSA) is 18.5 Å². The number of likely N-dealkylation sites (tertiary alicyclic amines) is 1. The average molecular weight is 237 g/mol. The number of hydrogen-bond acceptors (Lipinski definition) is 3. The van der Waals surface area contributed by atoms with Gasteiger partial charge in [0.1, 0.15) is 0 Å². The molecule has 0 aliphatic carbocycles. The first-order valence-electron chi connectivity index (χ1n) is 7.17. The summed E-state index contributed by atoms with van der Waals surface area (Å²) in [5, 5.41) is 2.45. The molecule has 0 bridgehead atoms. The van der Waals surface area contributed by atoms with Crippen molar-refractivity contribution < 1.29 is 0 Å². The van der Waals surface area contributed by atoms with Crippen LogP contribution in [0.15, 0.2) is 12.3 Å². The summed E-state index contributed by atoms with van der Waals surface area (Å²) in [6.45, 7) is 11.0. The molecular formula is C14H27N3. The molecule has 3 heteroatoms. The van der Waals surface area contributed by atoms with E-state index in [0.29, 0.717) is 6.04 Å². The lowest BCUT2D eigenvalue weighted by Crippen LogP contribution is -2.47. The van der Waals surface area contributed by atoms with Crippen molar-refractivity contribution in [2.24, 2.45) is 0 Å². The van der Waals surface area contributed by atoms with Crippen molar-refractivity contribution in [1.29, 1.82) is 0 Å². The van der Waals surface area contributed by atoms with Crippen LogP contribution < -0.4 is 5.43 Å². The fourth-order valence-electron chi connectivity index (χ4n) is 2.89. The van der Waals surface area contributed by atoms with Crippen LogP contribution >= 0.6 is 0 Å². The highest BCUT2D eigenvalue weighted by Gasteiger charge is 2.19. The van der Waals surface area contributed by atoms with Crippen LogP contribution in [0.3, 0.4) is 0 Å². The minimum atomic E-state index is 0.678. The van der Waals surface area contributed by atoms with Gasteiger partial charge < -0.3 is 4.90 Å². The van der Waals surface area contributed by atoms with Gasteiger partial charge in [0.05, 0.1) is 0 Å². The maximum Gasteiger partial charge on any atom is 0.0232 e. The Morgan fingerprint density at radius 3 is 2.47 bits per heavy atom. The molecule has 17 heavy (non-hydrogen) atoms. The van der Waals surface area contributed by atoms with Gasteiger partial charge in [-0.05, 0) is 39.0 Å². The first kappa shape index (κ1) is 12.9. The van der Waals surface area contributed by atoms with E-state index in [4.69, 9.17) is 0 Å². The lowest BCUT2D eigenvalue weighted by atomic mass is 10.1. The molecule has 2 fully saturated rings. The van der Waals surface area contributed by atoms with Crippen molar-refractivity contribution >= 4 is 0 Å². The van der Waals surface area contributed by atoms with Gasteiger partial charge in [-0.3, -0.25) is 5.43 Å². The summed E-state index contributed by atoms with van der Waals surface area (Å²) in [7, 11) is 0. The summed E-state index contributed by atoms with van der Waals surface area (Å²) in [5.74, 6) is 0. The third kappa shape index (κ3) is 4.00. The second kappa shape index (κ2) is 6.41. The number of nitrogens with zero attached hydrogens (tertiary/aromatic N) is 2. The summed E-state index contributed by atoms with van der Waals surface area (Å²) in [6, 6.07) is 0.678. The number of piperidine rings is 1. The van der Waals surface area contributed by atoms with E-state index >= 15 is 0 Å². The van der Waals surface area contributed by atoms with Crippen LogP contribution in [0.5, 0.6) is 0 Å². The molecule has 0 aromatic carbocycles. The van der Waals surface area contributed by atoms with Crippen molar-refractivity contribution in [2.75, 3.05) is 26.2 Å². The van der Waals surface area contributed by atoms with Crippen LogP contribution in [0, 0.1) is 0 Å². The van der Waals surface area contributed by atoms with Crippen molar-refractivity contribution in [3.8, 4) is 0 Å². The summed E-state index contributed by atoms with van der Waals surface area (Å²) in [4.78, 5) is 2.43. The van der Waals surface area contributed by atoms with Crippen molar-refractivity contribution in [2.45, 2.75) is 51.5 Å². The zero-order valence-corrected chi connectivity index (χ0v) is 11.2. The van der Waals surface area contributed by atoms with E-state index in [1.165, 1.54) is 70.4 Å². The average Bonchev–Trinajstić information content (AvgIpc) is 2.56. The molecule has 1 unspecified atom stereocenters. The van der Waals surface area contributed by atoms with E-state index in [-0.39, 0.29) is 0 Å². The molecule has 3 nitrogen and oxygen atoms in total. The van der Waals surface area contributed by atoms with Crippen LogP contribution in [0.25, 0.3) is 0 Å². The maximum absolute atomic E-state index is 4.06. The van der Waals surface area contributed by atoms with E-state index in [9.17, 15) is 0 Å². The second-order valence-corrected chi connectivity index (χ2v) is 5.53. The van der Waals surface area contributed by atoms with Crippen LogP contribution in [-0.4, -0.2) is 42.1 Å². The normalized spacial score (nSPS) is 27.8. The molecule has 0 aromatic heterocycles. The standard InChI is InChI=1S/C14H27N3/c1-13(2)16-9-6-7-14(8-12-16)15-17-10-4-3-5-11-17/h14-15H,1,3-12H2,2H3. The zero-order valence-electron chi connectivity index (χ0n) is 11.2. The molecule has 0 spiro atoms. The predicted octanol–water partition coefficient (Wildman–Crippen LogP) is 2.37. The van der Waals surface area contributed by atoms with Crippen molar-refractivity contribution in [3.63, 3.8) is 0 Å². The summed E-state index contributed by atoms with van der Waals surface area (Å²) < 4.78 is 0. The number of nitrogens with one attached hydrogen (secondary N) is 1. The molecule has 2 aliphatic rings. The van der Waals surface area contributed by atoms with Gasteiger partial charge in [-0.15, -0.1) is 0 Å². The molecule has 2 saturated heterocycles. The number of rotatable bonds is 3. The molecule has 0 radical (unpaired) electrons. The van der Waals surface area contributed by atoms with E-state index < -0.39 is 0 Å². The molecule has 0 aromatic rings. The molecule has 2 heterocycles. The molecule has 98 valence electrons. The van der Waals surface area contributed by atoms with Gasteiger partial charge in [0, 0.05) is 37.9 Å². The Kier molecular flexibility index (Phi) is 4.86. The highest BCUT2D eigenvalue weighted by Crippen LogP contribution is 2.15. The molecule has 0 saturated carbocycles. The summed E-state index contributed by atoms with van der Waals surface area (Å²) >= 11 is 0. The van der Waals surface area contributed by atoms with E-state index in [0.717, 1.165) is 0 Å². The van der Waals surface area contributed by atoms with E-state index in [1.807, 2.05) is 0 Å². The smallest absolute Gasteiger partial charge is 0.0232 e. The Bertz CT molecular complexity index is 246. The molecule has 1 N–H and O–H groups in total. The van der Waals surface area contributed by atoms with Crippen LogP contribution in [0.4, 0.5) is 0 Å². The van der Waals surface area contributed by atoms with Crippen LogP contribution in [0.1, 0.15) is 45.4 Å². The number of allylic oxidation sites excluding steroid dienone is 1. The third-order valence-electron chi connectivity index (χ3n) is 3.99. The highest BCUT2D eigenvalue weighted by molar-refractivity contribution is 4.90. The van der Waals surface area contributed by atoms with Crippen molar-refractivity contribution in [3.05, 3.63) is 12.3 Å². The molecule has 2 aliphatic heterocycles. The van der Waals surface area contributed by atoms with E-state index in [2.05, 4.69) is 28.8 Å². The number of hydrazine groups is 1. The van der Waals surface area contributed by atoms with Gasteiger partial charge in [0.2, 0.25) is 0 Å². The van der Waals surface area contributed by atoms with E-state index in [1.54, 1.807) is 0 Å². The SMILES string of the molecule is C=C(C)N1CCCC(NN2CCCCC2)CC1. The maximum atomic E-state index is 4.06. The predicted molar refractivity (Wildman–Crippen MR) is 72.6 cm³/mol. The Hall–Kier alpha value is -0.540. The lowest BCUT2D eigenvalue weighted by Gasteiger charge is -2.31. The van der Waals surface area contributed by atoms with Crippen LogP contribution in [0.2, 0.25) is 0 Å². The minimum Gasteiger partial charge on any atom is -0.375 e. The fourth-order valence-corrected chi connectivity index (χ4v) is 2.89. The van der Waals surface area contributed by atoms with Gasteiger partial charge >= 0.3 is 0 Å². The second-order valence-electron chi connectivity index (χ2n) is 5.53. The number of hydrogen-bond donors (Lipinski definition) is 1. The zero-order chi connectivity index (χ0) is 12.1. The minimum absolute atomic E-state index is 0.678. The lowest BCUT2D eigenvalue weighted by molar-refractivity contribution is 0.123. The quantitative estimate of drug-likeness (QED) is 0.813. The molecular weight excluding hydrogens is 210 g/mol. The Balaban J connectivity index is 1.76. The van der Waals surface area contributed by atoms with Gasteiger partial charge in [0.15, 0.2) is 0 Å². The summed E-state index contributed by atoms with van der Waals surface area (Å²) in [5.41, 5.74) is 4.96. The molecule has 1 atom stereocenters. The van der Waals surface area contributed by atoms with Crippen molar-refractivity contribution in [1.82, 2.24) is 15.3 Å². The Morgan fingerprint density at radius 1 is 1.00 bits per heavy atom. The fraction of sp³-hybridized carbons (Fsp3) is 0.857. The molecule has 0 amide bonds. The van der Waals surface area contributed by atoms with Gasteiger partial charge in [0.25, 0.3) is 0 Å². The van der Waals surface area contributed by atoms with Gasteiger partial charge in [-0.1, -0.05) is 13.0 Å². The Morgan fingerprint density at radius 2 is 1.76 bits per heavy atom. The molecule has 2 rings (SSSR count). The Labute approximate surface area is 106 Å². The first-order valence-corrected chi connectivity index (χ1v) is 7.17. The monoisotopic (exact) mass is 237 g/mol. The first-order chi connectivity index (χ1) is 8.25. The van der Waals surface area contributed by atoms with Gasteiger partial charge in [-0.25, -0.2) is 5.01 Å². The third-order valence-corrected chi connectivity index (χ3v) is 3.99. The largest absolute Gasteiger partial charge is 0.375 e. The van der Waals surface area contributed by atoms with Gasteiger partial charge in [-0.2, -0.15) is 0 Å². The highest BCUT2D eigenvalue weighted by atomic mass is 15.5. The van der Waals surface area contributed by atoms with Crippen LogP contribution in [-0.2, 0) is 0 Å². The summed E-state index contributed by atoms with van der Waals surface area (Å²) in [6.07, 6.45) is 7.98.